The van der Waals surface area contributed by atoms with E-state index in [1.165, 1.54) is 10.3 Å². The molecule has 0 amide bonds. The predicted molar refractivity (Wildman–Crippen MR) is 111 cm³/mol. The zero-order chi connectivity index (χ0) is 21.0. The zero-order valence-electron chi connectivity index (χ0n) is 17.3. The molecule has 156 valence electrons. The maximum Gasteiger partial charge on any atom is 0.272 e. The molecule has 0 fully saturated rings. The van der Waals surface area contributed by atoms with Crippen LogP contribution in [0.3, 0.4) is 0 Å². The molecule has 0 radical (unpaired) electrons. The summed E-state index contributed by atoms with van der Waals surface area (Å²) in [6.45, 7) is 8.09. The summed E-state index contributed by atoms with van der Waals surface area (Å²) < 4.78 is 33.4. The number of ether oxygens (including phenoxy) is 1. The number of hydrogen-bond acceptors (Lipinski definition) is 6. The monoisotopic (exact) mass is 416 g/mol. The Balaban J connectivity index is 1.75. The Kier molecular flexibility index (Phi) is 6.64. The average molecular weight is 417 g/mol. The molecule has 2 aromatic rings. The summed E-state index contributed by atoms with van der Waals surface area (Å²) in [6, 6.07) is 9.01. The molecule has 0 N–H and O–H groups in total. The van der Waals surface area contributed by atoms with Gasteiger partial charge in [-0.15, -0.1) is 0 Å². The third-order valence-electron chi connectivity index (χ3n) is 5.12. The van der Waals surface area contributed by atoms with Crippen LogP contribution in [0.2, 0.25) is 0 Å². The van der Waals surface area contributed by atoms with Crippen molar-refractivity contribution in [3.05, 3.63) is 53.6 Å². The van der Waals surface area contributed by atoms with E-state index in [2.05, 4.69) is 35.4 Å². The summed E-state index contributed by atoms with van der Waals surface area (Å²) in [5, 5.41) is 11.1. The van der Waals surface area contributed by atoms with Gasteiger partial charge in [0, 0.05) is 0 Å². The molecule has 0 spiro atoms. The third kappa shape index (κ3) is 5.00. The van der Waals surface area contributed by atoms with Gasteiger partial charge in [-0.05, 0) is 66.3 Å². The van der Waals surface area contributed by atoms with Crippen LogP contribution in [-0.2, 0) is 14.6 Å². The molecule has 3 rings (SSSR count). The van der Waals surface area contributed by atoms with Gasteiger partial charge in [-0.3, -0.25) is 0 Å². The zero-order valence-corrected chi connectivity index (χ0v) is 18.1. The van der Waals surface area contributed by atoms with Crippen molar-refractivity contribution in [2.75, 3.05) is 5.75 Å². The van der Waals surface area contributed by atoms with E-state index in [0.717, 1.165) is 18.4 Å². The molecule has 1 aromatic carbocycles. The number of para-hydroxylation sites is 1. The number of rotatable bonds is 7. The van der Waals surface area contributed by atoms with Crippen molar-refractivity contribution in [2.45, 2.75) is 57.9 Å². The first-order chi connectivity index (χ1) is 13.8. The third-order valence-corrected chi connectivity index (χ3v) is 6.89. The lowest BCUT2D eigenvalue weighted by molar-refractivity contribution is 0.0178. The lowest BCUT2D eigenvalue weighted by atomic mass is 9.97. The van der Waals surface area contributed by atoms with Crippen molar-refractivity contribution in [3.63, 3.8) is 0 Å². The molecule has 3 atom stereocenters. The van der Waals surface area contributed by atoms with E-state index in [1.807, 2.05) is 38.1 Å². The van der Waals surface area contributed by atoms with Gasteiger partial charge >= 0.3 is 0 Å². The van der Waals surface area contributed by atoms with Crippen LogP contribution in [0.25, 0.3) is 5.69 Å². The highest BCUT2D eigenvalue weighted by Gasteiger charge is 2.27. The first-order valence-corrected chi connectivity index (χ1v) is 11.5. The summed E-state index contributed by atoms with van der Waals surface area (Å²) in [5.74, 6) is -0.271. The fraction of sp³-hybridized carbons (Fsp3) is 0.476. The van der Waals surface area contributed by atoms with Gasteiger partial charge in [0.1, 0.15) is 0 Å². The highest BCUT2D eigenvalue weighted by atomic mass is 32.2. The molecule has 2 heterocycles. The molecule has 0 saturated carbocycles. The van der Waals surface area contributed by atoms with Gasteiger partial charge in [0.05, 0.1) is 23.6 Å². The average Bonchev–Trinajstić information content (AvgIpc) is 3.19. The number of allylic oxidation sites excluding steroid dienone is 1. The summed E-state index contributed by atoms with van der Waals surface area (Å²) >= 11 is 0. The second-order valence-corrected chi connectivity index (χ2v) is 9.51. The lowest BCUT2D eigenvalue weighted by Gasteiger charge is -2.30. The van der Waals surface area contributed by atoms with Crippen LogP contribution < -0.4 is 0 Å². The Labute approximate surface area is 172 Å². The molecule has 1 aliphatic rings. The van der Waals surface area contributed by atoms with Crippen molar-refractivity contribution in [1.82, 2.24) is 20.2 Å². The maximum absolute atomic E-state index is 13.0. The van der Waals surface area contributed by atoms with E-state index in [1.54, 1.807) is 12.1 Å². The molecule has 8 heteroatoms. The molecule has 7 nitrogen and oxygen atoms in total. The highest BCUT2D eigenvalue weighted by molar-refractivity contribution is 7.91. The summed E-state index contributed by atoms with van der Waals surface area (Å²) in [7, 11) is -3.67. The normalized spacial score (nSPS) is 21.7. The topological polar surface area (TPSA) is 87.0 Å². The van der Waals surface area contributed by atoms with Crippen LogP contribution >= 0.6 is 0 Å². The maximum atomic E-state index is 13.0. The largest absolute Gasteiger partial charge is 0.366 e. The van der Waals surface area contributed by atoms with Gasteiger partial charge in [-0.2, -0.15) is 4.68 Å². The van der Waals surface area contributed by atoms with Gasteiger partial charge in [0.2, 0.25) is 9.84 Å². The van der Waals surface area contributed by atoms with Crippen LogP contribution in [0.15, 0.2) is 58.8 Å². The Morgan fingerprint density at radius 3 is 2.76 bits per heavy atom. The van der Waals surface area contributed by atoms with E-state index in [-0.39, 0.29) is 29.0 Å². The second kappa shape index (κ2) is 9.00. The first-order valence-electron chi connectivity index (χ1n) is 9.88. The smallest absolute Gasteiger partial charge is 0.272 e. The lowest BCUT2D eigenvalue weighted by Crippen LogP contribution is -2.28. The number of hydrogen-bond donors (Lipinski definition) is 0. The van der Waals surface area contributed by atoms with E-state index in [4.69, 9.17) is 4.74 Å². The Morgan fingerprint density at radius 2 is 2.07 bits per heavy atom. The van der Waals surface area contributed by atoms with Crippen LogP contribution in [-0.4, -0.2) is 46.6 Å². The van der Waals surface area contributed by atoms with Crippen molar-refractivity contribution >= 4 is 9.84 Å². The minimum atomic E-state index is -3.67. The summed E-state index contributed by atoms with van der Waals surface area (Å²) in [4.78, 5) is 0. The van der Waals surface area contributed by atoms with Gasteiger partial charge in [0.15, 0.2) is 0 Å². The summed E-state index contributed by atoms with van der Waals surface area (Å²) in [6.07, 6.45) is 6.07. The Bertz CT molecular complexity index is 996. The van der Waals surface area contributed by atoms with E-state index < -0.39 is 9.84 Å². The highest BCUT2D eigenvalue weighted by Crippen LogP contribution is 2.26. The van der Waals surface area contributed by atoms with Crippen molar-refractivity contribution in [1.29, 1.82) is 0 Å². The first kappa shape index (κ1) is 21.4. The standard InChI is InChI=1S/C21H28N4O3S/c1-5-19-16(3)11-12-20(28-19)17(4)13-15(2)14-29(26,27)21-22-23-24-25(21)18-9-7-6-8-10-18/h6-11,13,15,19-20H,5,12,14H2,1-4H3/b17-13+/t15-,19+,20+/m0/s1. The number of sulfone groups is 1. The van der Waals surface area contributed by atoms with E-state index in [0.29, 0.717) is 5.69 Å². The fourth-order valence-electron chi connectivity index (χ4n) is 3.63. The van der Waals surface area contributed by atoms with Crippen LogP contribution in [0.5, 0.6) is 0 Å². The van der Waals surface area contributed by atoms with Crippen molar-refractivity contribution in [2.24, 2.45) is 5.92 Å². The van der Waals surface area contributed by atoms with Crippen LogP contribution in [0.1, 0.15) is 40.5 Å². The molecule has 29 heavy (non-hydrogen) atoms. The van der Waals surface area contributed by atoms with E-state index in [9.17, 15) is 8.42 Å². The van der Waals surface area contributed by atoms with Gasteiger partial charge in [0.25, 0.3) is 5.16 Å². The molecule has 1 aliphatic heterocycles. The molecular weight excluding hydrogens is 388 g/mol. The van der Waals surface area contributed by atoms with Crippen LogP contribution in [0, 0.1) is 5.92 Å². The Morgan fingerprint density at radius 1 is 1.34 bits per heavy atom. The second-order valence-electron chi connectivity index (χ2n) is 7.58. The molecule has 0 aliphatic carbocycles. The van der Waals surface area contributed by atoms with Gasteiger partial charge in [-0.1, -0.05) is 49.3 Å². The van der Waals surface area contributed by atoms with Crippen LogP contribution in [0.4, 0.5) is 0 Å². The SMILES string of the molecule is CC[C@H]1O[C@@H](/C(C)=C/[C@H](C)CS(=O)(=O)c2nnnn2-c2ccccc2)CC=C1C. The molecular formula is C21H28N4O3S. The minimum absolute atomic E-state index is 0.0107. The summed E-state index contributed by atoms with van der Waals surface area (Å²) in [5.41, 5.74) is 2.93. The molecule has 0 saturated heterocycles. The molecule has 0 bridgehead atoms. The fourth-order valence-corrected chi connectivity index (χ4v) is 5.13. The quantitative estimate of drug-likeness (QED) is 0.642. The van der Waals surface area contributed by atoms with Crippen molar-refractivity contribution < 1.29 is 13.2 Å². The number of benzene rings is 1. The van der Waals surface area contributed by atoms with Gasteiger partial charge < -0.3 is 4.74 Å². The minimum Gasteiger partial charge on any atom is -0.366 e. The number of aromatic nitrogens is 4. The number of nitrogens with zero attached hydrogens (tertiary/aromatic N) is 4. The molecule has 0 unspecified atom stereocenters. The Hall–Kier alpha value is -2.32. The predicted octanol–water partition coefficient (Wildman–Crippen LogP) is 3.53. The van der Waals surface area contributed by atoms with E-state index >= 15 is 0 Å². The number of tetrazole rings is 1. The van der Waals surface area contributed by atoms with Crippen molar-refractivity contribution in [3.8, 4) is 5.69 Å². The van der Waals surface area contributed by atoms with Gasteiger partial charge in [-0.25, -0.2) is 8.42 Å². The molecule has 1 aromatic heterocycles.